The maximum Gasteiger partial charge on any atom is 0.155 e. The highest BCUT2D eigenvalue weighted by Gasteiger charge is 2.11. The van der Waals surface area contributed by atoms with Crippen molar-refractivity contribution in [2.24, 2.45) is 0 Å². The molecule has 0 aliphatic heterocycles. The van der Waals surface area contributed by atoms with Gasteiger partial charge in [0.25, 0.3) is 0 Å². The topological polar surface area (TPSA) is 39.4 Å². The summed E-state index contributed by atoms with van der Waals surface area (Å²) in [7, 11) is 0. The molecule has 0 N–H and O–H groups in total. The van der Waals surface area contributed by atoms with E-state index in [0.29, 0.717) is 5.15 Å². The van der Waals surface area contributed by atoms with E-state index in [1.54, 1.807) is 12.5 Å². The van der Waals surface area contributed by atoms with Gasteiger partial charge in [0.15, 0.2) is 5.15 Å². The molecule has 0 saturated heterocycles. The van der Waals surface area contributed by atoms with Gasteiger partial charge in [-0.05, 0) is 36.4 Å². The van der Waals surface area contributed by atoms with Crippen LogP contribution in [0.15, 0.2) is 73.3 Å². The zero-order valence-corrected chi connectivity index (χ0v) is 12.8. The molecule has 5 heteroatoms. The minimum Gasteiger partial charge on any atom is -0.457 e. The molecule has 0 fully saturated rings. The van der Waals surface area contributed by atoms with Crippen LogP contribution in [-0.2, 0) is 0 Å². The highest BCUT2D eigenvalue weighted by Crippen LogP contribution is 2.29. The van der Waals surface area contributed by atoms with E-state index in [2.05, 4.69) is 9.97 Å². The average Bonchev–Trinajstić information content (AvgIpc) is 3.02. The molecule has 4 aromatic rings. The molecule has 2 aromatic heterocycles. The molecule has 23 heavy (non-hydrogen) atoms. The van der Waals surface area contributed by atoms with Crippen LogP contribution in [0.4, 0.5) is 0 Å². The van der Waals surface area contributed by atoms with Crippen molar-refractivity contribution in [2.45, 2.75) is 0 Å². The number of halogens is 1. The fourth-order valence-electron chi connectivity index (χ4n) is 2.43. The number of fused-ring (bicyclic) bond motifs is 1. The van der Waals surface area contributed by atoms with Crippen molar-refractivity contribution in [1.29, 1.82) is 0 Å². The van der Waals surface area contributed by atoms with Crippen molar-refractivity contribution in [3.05, 3.63) is 78.5 Å². The van der Waals surface area contributed by atoms with E-state index in [9.17, 15) is 0 Å². The van der Waals surface area contributed by atoms with Crippen LogP contribution in [-0.4, -0.2) is 14.4 Å². The molecular formula is C18H12ClN3O. The van der Waals surface area contributed by atoms with Crippen molar-refractivity contribution >= 4 is 17.1 Å². The van der Waals surface area contributed by atoms with Gasteiger partial charge in [0.05, 0.1) is 5.69 Å². The SMILES string of the molecule is Clc1nccn2cnc(-c3ccc(Oc4ccccc4)cc3)c12. The van der Waals surface area contributed by atoms with Gasteiger partial charge in [0, 0.05) is 18.0 Å². The van der Waals surface area contributed by atoms with Crippen molar-refractivity contribution in [3.63, 3.8) is 0 Å². The second-order valence-electron chi connectivity index (χ2n) is 5.01. The summed E-state index contributed by atoms with van der Waals surface area (Å²) < 4.78 is 7.66. The minimum atomic E-state index is 0.435. The third kappa shape index (κ3) is 2.64. The maximum atomic E-state index is 6.20. The van der Waals surface area contributed by atoms with Crippen LogP contribution >= 0.6 is 11.6 Å². The van der Waals surface area contributed by atoms with Gasteiger partial charge in [-0.25, -0.2) is 9.97 Å². The van der Waals surface area contributed by atoms with E-state index in [1.165, 1.54) is 0 Å². The lowest BCUT2D eigenvalue weighted by molar-refractivity contribution is 0.483. The first-order chi connectivity index (χ1) is 11.3. The Morgan fingerprint density at radius 3 is 2.39 bits per heavy atom. The van der Waals surface area contributed by atoms with E-state index in [4.69, 9.17) is 16.3 Å². The third-order valence-electron chi connectivity index (χ3n) is 3.51. The summed E-state index contributed by atoms with van der Waals surface area (Å²) in [5.41, 5.74) is 2.56. The fraction of sp³-hybridized carbons (Fsp3) is 0. The molecule has 0 bridgehead atoms. The van der Waals surface area contributed by atoms with Gasteiger partial charge in [0.1, 0.15) is 23.3 Å². The molecule has 2 aromatic carbocycles. The Morgan fingerprint density at radius 1 is 0.870 bits per heavy atom. The van der Waals surface area contributed by atoms with E-state index in [-0.39, 0.29) is 0 Å². The van der Waals surface area contributed by atoms with Gasteiger partial charge in [0.2, 0.25) is 0 Å². The Hall–Kier alpha value is -2.85. The first kappa shape index (κ1) is 13.8. The summed E-state index contributed by atoms with van der Waals surface area (Å²) in [6.07, 6.45) is 5.20. The van der Waals surface area contributed by atoms with Crippen LogP contribution in [0, 0.1) is 0 Å². The summed E-state index contributed by atoms with van der Waals surface area (Å²) in [5, 5.41) is 0.435. The number of benzene rings is 2. The Kier molecular flexibility index (Phi) is 3.44. The van der Waals surface area contributed by atoms with E-state index in [1.807, 2.05) is 65.2 Å². The van der Waals surface area contributed by atoms with Gasteiger partial charge < -0.3 is 9.14 Å². The molecule has 0 spiro atoms. The predicted octanol–water partition coefficient (Wildman–Crippen LogP) is 4.84. The van der Waals surface area contributed by atoms with E-state index in [0.717, 1.165) is 28.3 Å². The van der Waals surface area contributed by atoms with Crippen LogP contribution in [0.5, 0.6) is 11.5 Å². The molecule has 0 aliphatic carbocycles. The van der Waals surface area contributed by atoms with Gasteiger partial charge in [-0.2, -0.15) is 0 Å². The molecule has 0 aliphatic rings. The summed E-state index contributed by atoms with van der Waals surface area (Å²) in [6.45, 7) is 0. The smallest absolute Gasteiger partial charge is 0.155 e. The number of imidazole rings is 1. The molecule has 0 amide bonds. The number of hydrogen-bond donors (Lipinski definition) is 0. The summed E-state index contributed by atoms with van der Waals surface area (Å²) >= 11 is 6.20. The lowest BCUT2D eigenvalue weighted by atomic mass is 10.1. The average molecular weight is 322 g/mol. The van der Waals surface area contributed by atoms with Crippen molar-refractivity contribution in [2.75, 3.05) is 0 Å². The number of aromatic nitrogens is 3. The van der Waals surface area contributed by atoms with Crippen LogP contribution in [0.1, 0.15) is 0 Å². The molecular weight excluding hydrogens is 310 g/mol. The Morgan fingerprint density at radius 2 is 1.61 bits per heavy atom. The number of nitrogens with zero attached hydrogens (tertiary/aromatic N) is 3. The van der Waals surface area contributed by atoms with Gasteiger partial charge in [-0.3, -0.25) is 0 Å². The van der Waals surface area contributed by atoms with Crippen molar-refractivity contribution < 1.29 is 4.74 Å². The number of ether oxygens (including phenoxy) is 1. The lowest BCUT2D eigenvalue weighted by Crippen LogP contribution is -1.87. The minimum absolute atomic E-state index is 0.435. The standard InChI is InChI=1S/C18H12ClN3O/c19-18-17-16(21-12-22(17)11-10-20-18)13-6-8-15(9-7-13)23-14-4-2-1-3-5-14/h1-12H. The van der Waals surface area contributed by atoms with Gasteiger partial charge in [-0.15, -0.1) is 0 Å². The van der Waals surface area contributed by atoms with Crippen molar-refractivity contribution in [3.8, 4) is 22.8 Å². The second kappa shape index (κ2) is 5.74. The molecule has 112 valence electrons. The number of rotatable bonds is 3. The van der Waals surface area contributed by atoms with Crippen LogP contribution < -0.4 is 4.74 Å². The molecule has 4 nitrogen and oxygen atoms in total. The Labute approximate surface area is 138 Å². The molecule has 0 atom stereocenters. The number of para-hydroxylation sites is 1. The largest absolute Gasteiger partial charge is 0.457 e. The Balaban J connectivity index is 1.67. The quantitative estimate of drug-likeness (QED) is 0.542. The summed E-state index contributed by atoms with van der Waals surface area (Å²) in [6, 6.07) is 17.4. The van der Waals surface area contributed by atoms with Gasteiger partial charge >= 0.3 is 0 Å². The highest BCUT2D eigenvalue weighted by atomic mass is 35.5. The van der Waals surface area contributed by atoms with Crippen LogP contribution in [0.3, 0.4) is 0 Å². The molecule has 0 saturated carbocycles. The summed E-state index contributed by atoms with van der Waals surface area (Å²) in [5.74, 6) is 1.58. The molecule has 0 radical (unpaired) electrons. The second-order valence-corrected chi connectivity index (χ2v) is 5.36. The summed E-state index contributed by atoms with van der Waals surface area (Å²) in [4.78, 5) is 8.56. The molecule has 2 heterocycles. The zero-order valence-electron chi connectivity index (χ0n) is 12.1. The first-order valence-corrected chi connectivity index (χ1v) is 7.49. The third-order valence-corrected chi connectivity index (χ3v) is 3.79. The maximum absolute atomic E-state index is 6.20. The van der Waals surface area contributed by atoms with E-state index < -0.39 is 0 Å². The van der Waals surface area contributed by atoms with E-state index >= 15 is 0 Å². The zero-order chi connectivity index (χ0) is 15.6. The van der Waals surface area contributed by atoms with Crippen LogP contribution in [0.25, 0.3) is 16.8 Å². The Bertz CT molecular complexity index is 949. The van der Waals surface area contributed by atoms with Gasteiger partial charge in [-0.1, -0.05) is 29.8 Å². The lowest BCUT2D eigenvalue weighted by Gasteiger charge is -2.06. The highest BCUT2D eigenvalue weighted by molar-refractivity contribution is 6.33. The fourth-order valence-corrected chi connectivity index (χ4v) is 2.67. The molecule has 4 rings (SSSR count). The van der Waals surface area contributed by atoms with Crippen molar-refractivity contribution in [1.82, 2.24) is 14.4 Å². The normalized spacial score (nSPS) is 10.8. The number of hydrogen-bond acceptors (Lipinski definition) is 3. The monoisotopic (exact) mass is 321 g/mol. The predicted molar refractivity (Wildman–Crippen MR) is 89.9 cm³/mol. The first-order valence-electron chi connectivity index (χ1n) is 7.12. The van der Waals surface area contributed by atoms with Crippen LogP contribution in [0.2, 0.25) is 5.15 Å². The molecule has 0 unspecified atom stereocenters.